The molecule has 3 rings (SSSR count). The second-order valence-corrected chi connectivity index (χ2v) is 5.50. The van der Waals surface area contributed by atoms with Gasteiger partial charge in [-0.05, 0) is 30.3 Å². The maximum atomic E-state index is 13.7. The number of hydrogen-bond acceptors (Lipinski definition) is 4. The maximum Gasteiger partial charge on any atom is 0.254 e. The summed E-state index contributed by atoms with van der Waals surface area (Å²) >= 11 is 5.65. The van der Waals surface area contributed by atoms with Crippen molar-refractivity contribution in [1.82, 2.24) is 5.32 Å². The fourth-order valence-electron chi connectivity index (χ4n) is 2.32. The van der Waals surface area contributed by atoms with Gasteiger partial charge in [-0.3, -0.25) is 9.59 Å². The number of fused-ring (bicyclic) bond motifs is 1. The van der Waals surface area contributed by atoms with Crippen LogP contribution in [-0.2, 0) is 0 Å². The highest BCUT2D eigenvalue weighted by atomic mass is 35.5. The molecule has 1 aliphatic rings. The molecule has 2 aromatic rings. The zero-order valence-electron chi connectivity index (χ0n) is 12.5. The third-order valence-corrected chi connectivity index (χ3v) is 3.69. The molecule has 7 heteroatoms. The number of amides is 1. The van der Waals surface area contributed by atoms with E-state index in [-0.39, 0.29) is 22.9 Å². The van der Waals surface area contributed by atoms with Crippen LogP contribution < -0.4 is 14.8 Å². The molecule has 124 valence electrons. The first-order chi connectivity index (χ1) is 11.6. The van der Waals surface area contributed by atoms with E-state index in [4.69, 9.17) is 21.1 Å². The summed E-state index contributed by atoms with van der Waals surface area (Å²) in [5, 5.41) is 2.58. The lowest BCUT2D eigenvalue weighted by Gasteiger charge is -2.20. The minimum atomic E-state index is -0.749. The summed E-state index contributed by atoms with van der Waals surface area (Å²) in [5.74, 6) is -0.955. The molecule has 24 heavy (non-hydrogen) atoms. The lowest BCUT2D eigenvalue weighted by Crippen LogP contribution is -2.30. The molecule has 2 aromatic carbocycles. The minimum Gasteiger partial charge on any atom is -0.486 e. The molecule has 0 aromatic heterocycles. The molecule has 1 heterocycles. The molecule has 0 spiro atoms. The van der Waals surface area contributed by atoms with Crippen LogP contribution in [0.1, 0.15) is 20.7 Å². The summed E-state index contributed by atoms with van der Waals surface area (Å²) in [4.78, 5) is 24.3. The van der Waals surface area contributed by atoms with Gasteiger partial charge < -0.3 is 14.8 Å². The Bertz CT molecular complexity index is 809. The van der Waals surface area contributed by atoms with Gasteiger partial charge in [-0.2, -0.15) is 0 Å². The monoisotopic (exact) mass is 349 g/mol. The number of benzene rings is 2. The summed E-state index contributed by atoms with van der Waals surface area (Å²) < 4.78 is 24.6. The van der Waals surface area contributed by atoms with Gasteiger partial charge in [-0.15, -0.1) is 0 Å². The number of ketones is 1. The predicted octanol–water partition coefficient (Wildman–Crippen LogP) is 2.86. The van der Waals surface area contributed by atoms with Gasteiger partial charge in [0.15, 0.2) is 17.3 Å². The number of ether oxygens (including phenoxy) is 2. The molecule has 1 amide bonds. The van der Waals surface area contributed by atoms with Crippen LogP contribution >= 0.6 is 11.6 Å². The number of carbonyl (C=O) groups is 2. The summed E-state index contributed by atoms with van der Waals surface area (Å²) in [6.07, 6.45) is 0. The fraction of sp³-hybridized carbons (Fsp3) is 0.176. The van der Waals surface area contributed by atoms with Crippen molar-refractivity contribution in [2.24, 2.45) is 0 Å². The van der Waals surface area contributed by atoms with E-state index in [2.05, 4.69) is 5.32 Å². The maximum absolute atomic E-state index is 13.7. The molecule has 1 aliphatic heterocycles. The Morgan fingerprint density at radius 1 is 1.12 bits per heavy atom. The van der Waals surface area contributed by atoms with E-state index in [0.717, 1.165) is 6.07 Å². The Morgan fingerprint density at radius 2 is 1.92 bits per heavy atom. The second kappa shape index (κ2) is 6.88. The highest BCUT2D eigenvalue weighted by Gasteiger charge is 2.21. The van der Waals surface area contributed by atoms with E-state index in [1.165, 1.54) is 12.1 Å². The van der Waals surface area contributed by atoms with Crippen LogP contribution in [0.4, 0.5) is 4.39 Å². The van der Waals surface area contributed by atoms with E-state index in [1.807, 2.05) is 0 Å². The molecule has 0 bridgehead atoms. The van der Waals surface area contributed by atoms with Crippen LogP contribution in [0.25, 0.3) is 0 Å². The van der Waals surface area contributed by atoms with Crippen LogP contribution in [0.2, 0.25) is 5.02 Å². The molecule has 0 fully saturated rings. The number of carbonyl (C=O) groups excluding carboxylic acids is 2. The summed E-state index contributed by atoms with van der Waals surface area (Å²) in [5.41, 5.74) is 0.131. The van der Waals surface area contributed by atoms with Crippen molar-refractivity contribution >= 4 is 23.3 Å². The first kappa shape index (κ1) is 16.3. The van der Waals surface area contributed by atoms with Crippen molar-refractivity contribution in [3.63, 3.8) is 0 Å². The van der Waals surface area contributed by atoms with Gasteiger partial charge >= 0.3 is 0 Å². The molecular formula is C17H13ClFNO4. The zero-order valence-corrected chi connectivity index (χ0v) is 13.2. The van der Waals surface area contributed by atoms with Crippen molar-refractivity contribution in [3.05, 3.63) is 58.4 Å². The van der Waals surface area contributed by atoms with Crippen LogP contribution in [-0.4, -0.2) is 31.4 Å². The van der Waals surface area contributed by atoms with Crippen molar-refractivity contribution in [1.29, 1.82) is 0 Å². The molecule has 0 saturated carbocycles. The Morgan fingerprint density at radius 3 is 2.71 bits per heavy atom. The van der Waals surface area contributed by atoms with E-state index in [9.17, 15) is 14.0 Å². The smallest absolute Gasteiger partial charge is 0.254 e. The SMILES string of the molecule is O=C(NCC(=O)c1cccc2c1OCCO2)c1ccc(Cl)cc1F. The second-order valence-electron chi connectivity index (χ2n) is 5.06. The first-order valence-corrected chi connectivity index (χ1v) is 7.59. The average molecular weight is 350 g/mol. The fourth-order valence-corrected chi connectivity index (χ4v) is 2.48. The predicted molar refractivity (Wildman–Crippen MR) is 85.5 cm³/mol. The Labute approximate surface area is 142 Å². The largest absolute Gasteiger partial charge is 0.486 e. The van der Waals surface area contributed by atoms with Gasteiger partial charge in [-0.25, -0.2) is 4.39 Å². The quantitative estimate of drug-likeness (QED) is 0.862. The number of nitrogens with one attached hydrogen (secondary N) is 1. The number of Topliss-reactive ketones (excluding diaryl/α,β-unsaturated/α-hetero) is 1. The standard InChI is InChI=1S/C17H13ClFNO4/c18-10-4-5-11(13(19)8-10)17(22)20-9-14(21)12-2-1-3-15-16(12)24-7-6-23-15/h1-5,8H,6-7,9H2,(H,20,22). The molecule has 0 aliphatic carbocycles. The van der Waals surface area contributed by atoms with Crippen LogP contribution in [0.15, 0.2) is 36.4 Å². The third-order valence-electron chi connectivity index (χ3n) is 3.45. The van der Waals surface area contributed by atoms with Crippen molar-refractivity contribution in [2.75, 3.05) is 19.8 Å². The van der Waals surface area contributed by atoms with Gasteiger partial charge in [0.25, 0.3) is 5.91 Å². The van der Waals surface area contributed by atoms with Crippen molar-refractivity contribution < 1.29 is 23.5 Å². The van der Waals surface area contributed by atoms with E-state index >= 15 is 0 Å². The van der Waals surface area contributed by atoms with Gasteiger partial charge in [-0.1, -0.05) is 17.7 Å². The summed E-state index contributed by atoms with van der Waals surface area (Å²) in [6.45, 7) is 0.470. The molecule has 0 atom stereocenters. The van der Waals surface area contributed by atoms with Crippen LogP contribution in [0.5, 0.6) is 11.5 Å². The highest BCUT2D eigenvalue weighted by Crippen LogP contribution is 2.33. The van der Waals surface area contributed by atoms with Crippen molar-refractivity contribution in [3.8, 4) is 11.5 Å². The average Bonchev–Trinajstić information content (AvgIpc) is 2.59. The van der Waals surface area contributed by atoms with Gasteiger partial charge in [0.1, 0.15) is 19.0 Å². The highest BCUT2D eigenvalue weighted by molar-refractivity contribution is 6.30. The van der Waals surface area contributed by atoms with E-state index in [0.29, 0.717) is 30.3 Å². The third kappa shape index (κ3) is 3.33. The van der Waals surface area contributed by atoms with Crippen LogP contribution in [0.3, 0.4) is 0 Å². The topological polar surface area (TPSA) is 64.6 Å². The zero-order chi connectivity index (χ0) is 17.1. The molecule has 5 nitrogen and oxygen atoms in total. The van der Waals surface area contributed by atoms with E-state index < -0.39 is 11.7 Å². The number of para-hydroxylation sites is 1. The molecule has 0 unspecified atom stereocenters. The summed E-state index contributed by atoms with van der Waals surface area (Å²) in [6, 6.07) is 8.66. The number of hydrogen-bond donors (Lipinski definition) is 1. The lowest BCUT2D eigenvalue weighted by molar-refractivity contribution is 0.0897. The molecular weight excluding hydrogens is 337 g/mol. The first-order valence-electron chi connectivity index (χ1n) is 7.21. The van der Waals surface area contributed by atoms with Gasteiger partial charge in [0.2, 0.25) is 0 Å². The normalized spacial score (nSPS) is 12.6. The lowest BCUT2D eigenvalue weighted by atomic mass is 10.1. The molecule has 0 radical (unpaired) electrons. The van der Waals surface area contributed by atoms with Gasteiger partial charge in [0.05, 0.1) is 17.7 Å². The Balaban J connectivity index is 1.71. The van der Waals surface area contributed by atoms with Crippen LogP contribution in [0, 0.1) is 5.82 Å². The minimum absolute atomic E-state index is 0.179. The number of halogens is 2. The van der Waals surface area contributed by atoms with E-state index in [1.54, 1.807) is 18.2 Å². The molecule has 1 N–H and O–H groups in total. The molecule has 0 saturated heterocycles. The van der Waals surface area contributed by atoms with Gasteiger partial charge in [0, 0.05) is 5.02 Å². The van der Waals surface area contributed by atoms with Crippen molar-refractivity contribution in [2.45, 2.75) is 0 Å². The Hall–Kier alpha value is -2.60. The summed E-state index contributed by atoms with van der Waals surface area (Å²) in [7, 11) is 0. The number of rotatable bonds is 4. The Kier molecular flexibility index (Phi) is 4.66.